The van der Waals surface area contributed by atoms with E-state index < -0.39 is 0 Å². The van der Waals surface area contributed by atoms with E-state index in [4.69, 9.17) is 4.74 Å². The van der Waals surface area contributed by atoms with Crippen molar-refractivity contribution in [1.29, 1.82) is 0 Å². The lowest BCUT2D eigenvalue weighted by Gasteiger charge is -2.04. The highest BCUT2D eigenvalue weighted by Gasteiger charge is 2.14. The molecule has 1 aromatic heterocycles. The molecule has 0 spiro atoms. The molecule has 0 unspecified atom stereocenters. The minimum absolute atomic E-state index is 0.119. The monoisotopic (exact) mass is 302 g/mol. The van der Waals surface area contributed by atoms with E-state index in [2.05, 4.69) is 16.9 Å². The van der Waals surface area contributed by atoms with E-state index in [0.29, 0.717) is 18.0 Å². The Morgan fingerprint density at radius 1 is 1.48 bits per heavy atom. The summed E-state index contributed by atoms with van der Waals surface area (Å²) in [6, 6.07) is 7.84. The van der Waals surface area contributed by atoms with Gasteiger partial charge in [-0.15, -0.1) is 17.9 Å². The topological polar surface area (TPSA) is 51.2 Å². The Hall–Kier alpha value is -2.14. The number of carbonyl (C=O) groups is 1. The van der Waals surface area contributed by atoms with Crippen molar-refractivity contribution in [2.45, 2.75) is 20.5 Å². The molecule has 0 bridgehead atoms. The quantitative estimate of drug-likeness (QED) is 0.833. The Kier molecular flexibility index (Phi) is 5.11. The number of aryl methyl sites for hydroxylation is 2. The molecule has 0 atom stereocenters. The molecule has 0 aliphatic rings. The van der Waals surface area contributed by atoms with Crippen molar-refractivity contribution in [3.05, 3.63) is 58.1 Å². The van der Waals surface area contributed by atoms with E-state index in [1.165, 1.54) is 11.3 Å². The lowest BCUT2D eigenvalue weighted by Crippen LogP contribution is -2.22. The minimum Gasteiger partial charge on any atom is -0.486 e. The Morgan fingerprint density at radius 3 is 3.00 bits per heavy atom. The van der Waals surface area contributed by atoms with Gasteiger partial charge in [-0.2, -0.15) is 0 Å². The van der Waals surface area contributed by atoms with Crippen LogP contribution in [-0.2, 0) is 6.61 Å². The maximum Gasteiger partial charge on any atom is 0.263 e. The molecule has 1 amide bonds. The first-order chi connectivity index (χ1) is 10.1. The molecule has 21 heavy (non-hydrogen) atoms. The van der Waals surface area contributed by atoms with Crippen molar-refractivity contribution in [2.24, 2.45) is 0 Å². The van der Waals surface area contributed by atoms with Gasteiger partial charge in [0.05, 0.1) is 5.69 Å². The predicted molar refractivity (Wildman–Crippen MR) is 84.9 cm³/mol. The van der Waals surface area contributed by atoms with E-state index in [1.807, 2.05) is 38.1 Å². The molecule has 2 rings (SSSR count). The standard InChI is InChI=1S/C16H18N2O2S/c1-4-8-17-16(19)15-12(3)18-14(21-15)10-20-13-7-5-6-11(2)9-13/h4-7,9H,1,8,10H2,2-3H3,(H,17,19). The van der Waals surface area contributed by atoms with Gasteiger partial charge in [-0.25, -0.2) is 4.98 Å². The van der Waals surface area contributed by atoms with Gasteiger partial charge < -0.3 is 10.1 Å². The van der Waals surface area contributed by atoms with Crippen LogP contribution in [0.2, 0.25) is 0 Å². The van der Waals surface area contributed by atoms with Gasteiger partial charge in [0.15, 0.2) is 0 Å². The molecule has 0 aliphatic carbocycles. The second kappa shape index (κ2) is 7.04. The van der Waals surface area contributed by atoms with Gasteiger partial charge in [-0.05, 0) is 31.5 Å². The van der Waals surface area contributed by atoms with E-state index in [1.54, 1.807) is 6.08 Å². The Labute approximate surface area is 128 Å². The fourth-order valence-corrected chi connectivity index (χ4v) is 2.71. The highest BCUT2D eigenvalue weighted by Crippen LogP contribution is 2.20. The second-order valence-corrected chi connectivity index (χ2v) is 5.71. The zero-order valence-electron chi connectivity index (χ0n) is 12.2. The molecule has 0 aliphatic heterocycles. The van der Waals surface area contributed by atoms with Crippen LogP contribution in [0.5, 0.6) is 5.75 Å². The highest BCUT2D eigenvalue weighted by molar-refractivity contribution is 7.13. The molecule has 0 fully saturated rings. The van der Waals surface area contributed by atoms with Gasteiger partial charge in [-0.3, -0.25) is 4.79 Å². The summed E-state index contributed by atoms with van der Waals surface area (Å²) in [6.45, 7) is 8.24. The van der Waals surface area contributed by atoms with Crippen molar-refractivity contribution in [3.63, 3.8) is 0 Å². The number of nitrogens with one attached hydrogen (secondary N) is 1. The first kappa shape index (κ1) is 15.3. The van der Waals surface area contributed by atoms with Crippen molar-refractivity contribution in [3.8, 4) is 5.75 Å². The summed E-state index contributed by atoms with van der Waals surface area (Å²) >= 11 is 1.36. The Morgan fingerprint density at radius 2 is 2.29 bits per heavy atom. The maximum atomic E-state index is 11.9. The zero-order valence-corrected chi connectivity index (χ0v) is 13.0. The van der Waals surface area contributed by atoms with Gasteiger partial charge in [0.25, 0.3) is 5.91 Å². The fourth-order valence-electron chi connectivity index (χ4n) is 1.82. The van der Waals surface area contributed by atoms with Gasteiger partial charge in [-0.1, -0.05) is 18.2 Å². The molecule has 0 radical (unpaired) electrons. The first-order valence-electron chi connectivity index (χ1n) is 6.65. The summed E-state index contributed by atoms with van der Waals surface area (Å²) in [4.78, 5) is 16.9. The average molecular weight is 302 g/mol. The summed E-state index contributed by atoms with van der Waals surface area (Å²) in [7, 11) is 0. The van der Waals surface area contributed by atoms with Crippen LogP contribution in [0.4, 0.5) is 0 Å². The third-order valence-corrected chi connectivity index (χ3v) is 3.94. The van der Waals surface area contributed by atoms with Crippen LogP contribution in [0, 0.1) is 13.8 Å². The number of amides is 1. The van der Waals surface area contributed by atoms with Crippen LogP contribution >= 0.6 is 11.3 Å². The lowest BCUT2D eigenvalue weighted by molar-refractivity contribution is 0.0961. The maximum absolute atomic E-state index is 11.9. The lowest BCUT2D eigenvalue weighted by atomic mass is 10.2. The van der Waals surface area contributed by atoms with Crippen LogP contribution in [-0.4, -0.2) is 17.4 Å². The van der Waals surface area contributed by atoms with Crippen LogP contribution in [0.3, 0.4) is 0 Å². The third kappa shape index (κ3) is 4.16. The third-order valence-electron chi connectivity index (χ3n) is 2.81. The number of aromatic nitrogens is 1. The SMILES string of the molecule is C=CCNC(=O)c1sc(COc2cccc(C)c2)nc1C. The number of hydrogen-bond donors (Lipinski definition) is 1. The van der Waals surface area contributed by atoms with Crippen molar-refractivity contribution in [1.82, 2.24) is 10.3 Å². The van der Waals surface area contributed by atoms with E-state index in [-0.39, 0.29) is 5.91 Å². The van der Waals surface area contributed by atoms with Gasteiger partial charge >= 0.3 is 0 Å². The fraction of sp³-hybridized carbons (Fsp3) is 0.250. The van der Waals surface area contributed by atoms with Gasteiger partial charge in [0.2, 0.25) is 0 Å². The van der Waals surface area contributed by atoms with Crippen molar-refractivity contribution in [2.75, 3.05) is 6.54 Å². The molecule has 0 saturated carbocycles. The molecule has 1 heterocycles. The number of carbonyl (C=O) groups excluding carboxylic acids is 1. The number of rotatable bonds is 6. The summed E-state index contributed by atoms with van der Waals surface area (Å²) in [5, 5.41) is 3.55. The summed E-state index contributed by atoms with van der Waals surface area (Å²) in [6.07, 6.45) is 1.65. The van der Waals surface area contributed by atoms with Crippen LogP contribution in [0.1, 0.15) is 25.9 Å². The van der Waals surface area contributed by atoms with E-state index >= 15 is 0 Å². The van der Waals surface area contributed by atoms with Crippen molar-refractivity contribution < 1.29 is 9.53 Å². The Bertz CT molecular complexity index is 649. The Balaban J connectivity index is 2.01. The predicted octanol–water partition coefficient (Wildman–Crippen LogP) is 3.25. The number of benzene rings is 1. The second-order valence-electron chi connectivity index (χ2n) is 4.63. The summed E-state index contributed by atoms with van der Waals surface area (Å²) < 4.78 is 5.70. The van der Waals surface area contributed by atoms with E-state index in [0.717, 1.165) is 22.0 Å². The molecular weight excluding hydrogens is 284 g/mol. The first-order valence-corrected chi connectivity index (χ1v) is 7.46. The molecule has 4 nitrogen and oxygen atoms in total. The molecule has 0 saturated heterocycles. The van der Waals surface area contributed by atoms with Crippen LogP contribution < -0.4 is 10.1 Å². The summed E-state index contributed by atoms with van der Waals surface area (Å²) in [5.41, 5.74) is 1.87. The minimum atomic E-state index is -0.119. The molecule has 2 aromatic rings. The van der Waals surface area contributed by atoms with Gasteiger partial charge in [0.1, 0.15) is 22.2 Å². The van der Waals surface area contributed by atoms with E-state index in [9.17, 15) is 4.79 Å². The average Bonchev–Trinajstić information content (AvgIpc) is 2.84. The molecule has 1 N–H and O–H groups in total. The summed E-state index contributed by atoms with van der Waals surface area (Å²) in [5.74, 6) is 0.687. The molecule has 1 aromatic carbocycles. The number of hydrogen-bond acceptors (Lipinski definition) is 4. The number of thiazole rings is 1. The van der Waals surface area contributed by atoms with Crippen molar-refractivity contribution >= 4 is 17.2 Å². The van der Waals surface area contributed by atoms with Crippen LogP contribution in [0.25, 0.3) is 0 Å². The zero-order chi connectivity index (χ0) is 15.2. The normalized spacial score (nSPS) is 10.2. The molecule has 110 valence electrons. The van der Waals surface area contributed by atoms with Crippen LogP contribution in [0.15, 0.2) is 36.9 Å². The molecular formula is C16H18N2O2S. The smallest absolute Gasteiger partial charge is 0.263 e. The largest absolute Gasteiger partial charge is 0.486 e. The number of nitrogens with zero attached hydrogens (tertiary/aromatic N) is 1. The molecule has 5 heteroatoms. The van der Waals surface area contributed by atoms with Gasteiger partial charge in [0, 0.05) is 6.54 Å². The number of ether oxygens (including phenoxy) is 1. The highest BCUT2D eigenvalue weighted by atomic mass is 32.1.